The number of carbonyl (C=O) groups excluding carboxylic acids is 1. The van der Waals surface area contributed by atoms with Gasteiger partial charge in [-0.05, 0) is 48.6 Å². The van der Waals surface area contributed by atoms with Crippen LogP contribution in [0, 0.1) is 5.82 Å². The summed E-state index contributed by atoms with van der Waals surface area (Å²) in [5, 5.41) is 0. The minimum absolute atomic E-state index is 0.0857. The zero-order chi connectivity index (χ0) is 23.3. The molecule has 2 aromatic heterocycles. The van der Waals surface area contributed by atoms with Crippen LogP contribution in [0.4, 0.5) is 4.39 Å². The fourth-order valence-electron chi connectivity index (χ4n) is 4.45. The van der Waals surface area contributed by atoms with E-state index in [0.717, 1.165) is 36.3 Å². The van der Waals surface area contributed by atoms with Crippen molar-refractivity contribution in [1.29, 1.82) is 0 Å². The third kappa shape index (κ3) is 4.91. The van der Waals surface area contributed by atoms with Gasteiger partial charge in [-0.2, -0.15) is 0 Å². The Morgan fingerprint density at radius 2 is 1.76 bits per heavy atom. The molecule has 0 radical (unpaired) electrons. The van der Waals surface area contributed by atoms with Crippen molar-refractivity contribution >= 4 is 5.91 Å². The van der Waals surface area contributed by atoms with E-state index in [2.05, 4.69) is 22.1 Å². The van der Waals surface area contributed by atoms with E-state index < -0.39 is 0 Å². The zero-order valence-electron chi connectivity index (χ0n) is 18.9. The minimum Gasteiger partial charge on any atom is -0.443 e. The predicted molar refractivity (Wildman–Crippen MR) is 127 cm³/mol. The maximum atomic E-state index is 14.0. The van der Waals surface area contributed by atoms with Crippen molar-refractivity contribution in [3.63, 3.8) is 0 Å². The summed E-state index contributed by atoms with van der Waals surface area (Å²) in [6.45, 7) is 0.650. The first-order valence-corrected chi connectivity index (χ1v) is 11.7. The number of amides is 1. The number of hydrogen-bond acceptors (Lipinski definition) is 4. The van der Waals surface area contributed by atoms with Crippen LogP contribution < -0.4 is 0 Å². The Bertz CT molecular complexity index is 1250. The van der Waals surface area contributed by atoms with E-state index in [9.17, 15) is 9.18 Å². The van der Waals surface area contributed by atoms with Gasteiger partial charge in [0.15, 0.2) is 0 Å². The minimum atomic E-state index is -0.252. The number of halogens is 1. The topological polar surface area (TPSA) is 59.2 Å². The zero-order valence-corrected chi connectivity index (χ0v) is 18.9. The number of hydrogen-bond donors (Lipinski definition) is 0. The van der Waals surface area contributed by atoms with Crippen LogP contribution in [-0.2, 0) is 12.8 Å². The molecule has 4 aromatic rings. The van der Waals surface area contributed by atoms with E-state index in [1.165, 1.54) is 6.07 Å². The monoisotopic (exact) mass is 455 g/mol. The molecular weight excluding hydrogens is 429 g/mol. The second-order valence-electron chi connectivity index (χ2n) is 8.64. The molecule has 3 heterocycles. The maximum Gasteiger partial charge on any atom is 0.256 e. The molecule has 0 spiro atoms. The van der Waals surface area contributed by atoms with Crippen molar-refractivity contribution in [3.8, 4) is 0 Å². The average Bonchev–Trinajstić information content (AvgIpc) is 3.34. The highest BCUT2D eigenvalue weighted by Crippen LogP contribution is 2.32. The van der Waals surface area contributed by atoms with Gasteiger partial charge in [-0.1, -0.05) is 48.5 Å². The number of nitrogens with zero attached hydrogens (tertiary/aromatic N) is 3. The SMILES string of the molecule is O=C(c1ccc(Cc2ccccc2F)nc1)N1CCCCC1c1ncc(Cc2ccccc2)o1. The van der Waals surface area contributed by atoms with Crippen molar-refractivity contribution in [1.82, 2.24) is 14.9 Å². The summed E-state index contributed by atoms with van der Waals surface area (Å²) in [6, 6.07) is 20.1. The third-order valence-corrected chi connectivity index (χ3v) is 6.24. The molecule has 1 aliphatic rings. The van der Waals surface area contributed by atoms with Gasteiger partial charge >= 0.3 is 0 Å². The Hall–Kier alpha value is -3.80. The lowest BCUT2D eigenvalue weighted by Crippen LogP contribution is -2.38. The van der Waals surface area contributed by atoms with Crippen molar-refractivity contribution < 1.29 is 13.6 Å². The van der Waals surface area contributed by atoms with Crippen LogP contribution in [-0.4, -0.2) is 27.3 Å². The third-order valence-electron chi connectivity index (χ3n) is 6.24. The van der Waals surface area contributed by atoms with Gasteiger partial charge in [0, 0.05) is 31.3 Å². The summed E-state index contributed by atoms with van der Waals surface area (Å²) < 4.78 is 20.0. The molecule has 0 bridgehead atoms. The van der Waals surface area contributed by atoms with Crippen LogP contribution in [0.2, 0.25) is 0 Å². The summed E-state index contributed by atoms with van der Waals surface area (Å²) in [5.41, 5.74) is 2.97. The van der Waals surface area contributed by atoms with Gasteiger partial charge < -0.3 is 9.32 Å². The van der Waals surface area contributed by atoms with E-state index in [-0.39, 0.29) is 17.8 Å². The fourth-order valence-corrected chi connectivity index (χ4v) is 4.45. The first-order chi connectivity index (χ1) is 16.7. The van der Waals surface area contributed by atoms with E-state index >= 15 is 0 Å². The number of oxazole rings is 1. The molecule has 5 rings (SSSR count). The number of piperidine rings is 1. The molecule has 1 atom stereocenters. The van der Waals surface area contributed by atoms with Crippen molar-refractivity contribution in [2.45, 2.75) is 38.1 Å². The Labute approximate surface area is 198 Å². The van der Waals surface area contributed by atoms with Crippen LogP contribution in [0.25, 0.3) is 0 Å². The van der Waals surface area contributed by atoms with Gasteiger partial charge in [0.1, 0.15) is 17.6 Å². The molecule has 0 aliphatic carbocycles. The van der Waals surface area contributed by atoms with Gasteiger partial charge in [0.2, 0.25) is 5.89 Å². The number of carbonyl (C=O) groups is 1. The van der Waals surface area contributed by atoms with Crippen LogP contribution in [0.1, 0.15) is 64.1 Å². The van der Waals surface area contributed by atoms with Gasteiger partial charge in [0.25, 0.3) is 5.91 Å². The van der Waals surface area contributed by atoms with Crippen LogP contribution in [0.3, 0.4) is 0 Å². The normalized spacial score (nSPS) is 15.9. The van der Waals surface area contributed by atoms with Gasteiger partial charge in [-0.3, -0.25) is 9.78 Å². The summed E-state index contributed by atoms with van der Waals surface area (Å²) in [4.78, 5) is 24.2. The Balaban J connectivity index is 1.30. The lowest BCUT2D eigenvalue weighted by molar-refractivity contribution is 0.0569. The van der Waals surface area contributed by atoms with Crippen molar-refractivity contribution in [2.75, 3.05) is 6.54 Å². The van der Waals surface area contributed by atoms with Crippen LogP contribution >= 0.6 is 0 Å². The molecule has 1 saturated heterocycles. The molecule has 0 saturated carbocycles. The van der Waals surface area contributed by atoms with Crippen LogP contribution in [0.5, 0.6) is 0 Å². The standard InChI is InChI=1S/C28H26FN3O2/c29-25-11-5-4-10-21(25)17-23-14-13-22(18-30-23)28(33)32-15-7-6-12-26(32)27-31-19-24(34-27)16-20-8-2-1-3-9-20/h1-5,8-11,13-14,18-19,26H,6-7,12,15-17H2. The molecule has 1 aliphatic heterocycles. The molecular formula is C28H26FN3O2. The summed E-state index contributed by atoms with van der Waals surface area (Å²) in [5.74, 6) is 1.04. The molecule has 1 amide bonds. The number of rotatable bonds is 6. The van der Waals surface area contributed by atoms with E-state index in [0.29, 0.717) is 36.4 Å². The highest BCUT2D eigenvalue weighted by molar-refractivity contribution is 5.94. The molecule has 172 valence electrons. The Kier molecular flexibility index (Phi) is 6.47. The van der Waals surface area contributed by atoms with E-state index in [1.54, 1.807) is 42.7 Å². The fraction of sp³-hybridized carbons (Fsp3) is 0.250. The number of aromatic nitrogens is 2. The first-order valence-electron chi connectivity index (χ1n) is 11.7. The van der Waals surface area contributed by atoms with Crippen molar-refractivity contribution in [2.24, 2.45) is 0 Å². The van der Waals surface area contributed by atoms with Crippen molar-refractivity contribution in [3.05, 3.63) is 119 Å². The number of benzene rings is 2. The second kappa shape index (κ2) is 10.00. The molecule has 1 fully saturated rings. The highest BCUT2D eigenvalue weighted by Gasteiger charge is 2.32. The predicted octanol–water partition coefficient (Wildman–Crippen LogP) is 5.76. The molecule has 34 heavy (non-hydrogen) atoms. The Morgan fingerprint density at radius 1 is 0.941 bits per heavy atom. The first kappa shape index (κ1) is 22.0. The largest absolute Gasteiger partial charge is 0.443 e. The van der Waals surface area contributed by atoms with Crippen LogP contribution in [0.15, 0.2) is 83.5 Å². The van der Waals surface area contributed by atoms with E-state index in [4.69, 9.17) is 4.42 Å². The smallest absolute Gasteiger partial charge is 0.256 e. The summed E-state index contributed by atoms with van der Waals surface area (Å²) >= 11 is 0. The average molecular weight is 456 g/mol. The second-order valence-corrected chi connectivity index (χ2v) is 8.64. The lowest BCUT2D eigenvalue weighted by Gasteiger charge is -2.33. The quantitative estimate of drug-likeness (QED) is 0.371. The molecule has 0 N–H and O–H groups in total. The summed E-state index contributed by atoms with van der Waals surface area (Å²) in [6.07, 6.45) is 7.17. The number of likely N-dealkylation sites (tertiary alicyclic amines) is 1. The van der Waals surface area contributed by atoms with Gasteiger partial charge in [-0.15, -0.1) is 0 Å². The molecule has 5 nitrogen and oxygen atoms in total. The lowest BCUT2D eigenvalue weighted by atomic mass is 10.0. The van der Waals surface area contributed by atoms with Gasteiger partial charge in [-0.25, -0.2) is 9.37 Å². The Morgan fingerprint density at radius 3 is 2.56 bits per heavy atom. The molecule has 1 unspecified atom stereocenters. The van der Waals surface area contributed by atoms with E-state index in [1.807, 2.05) is 23.1 Å². The summed E-state index contributed by atoms with van der Waals surface area (Å²) in [7, 11) is 0. The van der Waals surface area contributed by atoms with Gasteiger partial charge in [0.05, 0.1) is 11.8 Å². The highest BCUT2D eigenvalue weighted by atomic mass is 19.1. The molecule has 2 aromatic carbocycles. The molecule has 6 heteroatoms. The maximum absolute atomic E-state index is 14.0. The number of pyridine rings is 1.